The molecule has 0 bridgehead atoms. The first-order valence-corrected chi connectivity index (χ1v) is 5.77. The number of aryl methyl sites for hydroxylation is 1. The molecule has 0 unspecified atom stereocenters. The molecular formula is C11H9ClO2S. The smallest absolute Gasteiger partial charge is 0.347 e. The minimum atomic E-state index is -0.959. The summed E-state index contributed by atoms with van der Waals surface area (Å²) in [5.74, 6) is -0.959. The zero-order valence-electron chi connectivity index (χ0n) is 8.08. The average molecular weight is 241 g/mol. The maximum Gasteiger partial charge on any atom is 0.347 e. The molecule has 0 saturated carbocycles. The van der Waals surface area contributed by atoms with E-state index in [9.17, 15) is 4.79 Å². The predicted molar refractivity (Wildman–Crippen MR) is 63.2 cm³/mol. The Morgan fingerprint density at radius 1 is 1.53 bits per heavy atom. The van der Waals surface area contributed by atoms with Crippen LogP contribution in [0.1, 0.15) is 22.2 Å². The summed E-state index contributed by atoms with van der Waals surface area (Å²) < 4.78 is 0.941. The van der Waals surface area contributed by atoms with Gasteiger partial charge in [-0.15, -0.1) is 11.3 Å². The van der Waals surface area contributed by atoms with Crippen molar-refractivity contribution in [1.29, 1.82) is 0 Å². The second kappa shape index (κ2) is 3.83. The number of hydrogen-bond acceptors (Lipinski definition) is 2. The van der Waals surface area contributed by atoms with Crippen molar-refractivity contribution in [2.24, 2.45) is 0 Å². The van der Waals surface area contributed by atoms with Gasteiger partial charge in [-0.25, -0.2) is 4.79 Å². The number of benzene rings is 1. The normalized spacial score (nSPS) is 10.8. The van der Waals surface area contributed by atoms with E-state index < -0.39 is 5.97 Å². The zero-order chi connectivity index (χ0) is 11.0. The maximum absolute atomic E-state index is 10.9. The summed E-state index contributed by atoms with van der Waals surface area (Å²) in [6.45, 7) is 2.06. The molecule has 0 fully saturated rings. The van der Waals surface area contributed by atoms with Crippen molar-refractivity contribution in [1.82, 2.24) is 0 Å². The fourth-order valence-electron chi connectivity index (χ4n) is 1.47. The first kappa shape index (κ1) is 10.5. The van der Waals surface area contributed by atoms with Crippen LogP contribution in [-0.2, 0) is 6.42 Å². The summed E-state index contributed by atoms with van der Waals surface area (Å²) in [5, 5.41) is 10.1. The van der Waals surface area contributed by atoms with Crippen LogP contribution in [0.25, 0.3) is 10.1 Å². The molecule has 1 aromatic carbocycles. The number of rotatable bonds is 2. The number of thiophene rings is 1. The standard InChI is InChI=1S/C11H9ClO2S/c1-2-6-3-4-7-8(5-6)15-10(9(7)12)11(13)14/h3-5H,2H2,1H3,(H,13,14). The third kappa shape index (κ3) is 1.73. The molecule has 2 rings (SSSR count). The van der Waals surface area contributed by atoms with Crippen molar-refractivity contribution >= 4 is 39.0 Å². The van der Waals surface area contributed by atoms with Gasteiger partial charge in [0.25, 0.3) is 0 Å². The van der Waals surface area contributed by atoms with Gasteiger partial charge in [-0.2, -0.15) is 0 Å². The molecule has 1 N–H and O–H groups in total. The molecule has 0 aliphatic heterocycles. The summed E-state index contributed by atoms with van der Waals surface area (Å²) in [4.78, 5) is 11.1. The van der Waals surface area contributed by atoms with Gasteiger partial charge in [-0.1, -0.05) is 30.7 Å². The third-order valence-electron chi connectivity index (χ3n) is 2.30. The Morgan fingerprint density at radius 2 is 2.27 bits per heavy atom. The van der Waals surface area contributed by atoms with Crippen molar-refractivity contribution in [2.75, 3.05) is 0 Å². The molecule has 2 nitrogen and oxygen atoms in total. The highest BCUT2D eigenvalue weighted by Gasteiger charge is 2.15. The minimum Gasteiger partial charge on any atom is -0.477 e. The van der Waals surface area contributed by atoms with E-state index in [1.165, 1.54) is 16.9 Å². The number of carboxylic acid groups (broad SMARTS) is 1. The molecule has 78 valence electrons. The zero-order valence-corrected chi connectivity index (χ0v) is 9.65. The Kier molecular flexibility index (Phi) is 2.67. The lowest BCUT2D eigenvalue weighted by Crippen LogP contribution is -1.91. The summed E-state index contributed by atoms with van der Waals surface area (Å²) in [6.07, 6.45) is 0.938. The van der Waals surface area contributed by atoms with Gasteiger partial charge in [0.05, 0.1) is 5.02 Å². The summed E-state index contributed by atoms with van der Waals surface area (Å²) in [6, 6.07) is 5.87. The van der Waals surface area contributed by atoms with Gasteiger partial charge in [0, 0.05) is 10.1 Å². The van der Waals surface area contributed by atoms with Crippen LogP contribution in [0.2, 0.25) is 5.02 Å². The van der Waals surface area contributed by atoms with Crippen molar-refractivity contribution in [2.45, 2.75) is 13.3 Å². The molecule has 1 heterocycles. The fourth-order valence-corrected chi connectivity index (χ4v) is 2.88. The molecule has 0 aliphatic carbocycles. The predicted octanol–water partition coefficient (Wildman–Crippen LogP) is 3.82. The van der Waals surface area contributed by atoms with Gasteiger partial charge in [-0.05, 0) is 18.1 Å². The lowest BCUT2D eigenvalue weighted by atomic mass is 10.1. The van der Waals surface area contributed by atoms with Gasteiger partial charge >= 0.3 is 5.97 Å². The number of fused-ring (bicyclic) bond motifs is 1. The number of carbonyl (C=O) groups is 1. The van der Waals surface area contributed by atoms with E-state index in [0.717, 1.165) is 16.5 Å². The Balaban J connectivity index is 2.70. The van der Waals surface area contributed by atoms with Crippen LogP contribution < -0.4 is 0 Å². The highest BCUT2D eigenvalue weighted by molar-refractivity contribution is 7.21. The molecule has 1 aromatic heterocycles. The maximum atomic E-state index is 10.9. The van der Waals surface area contributed by atoms with Crippen LogP contribution >= 0.6 is 22.9 Å². The molecule has 15 heavy (non-hydrogen) atoms. The largest absolute Gasteiger partial charge is 0.477 e. The number of aromatic carboxylic acids is 1. The van der Waals surface area contributed by atoms with Crippen molar-refractivity contribution in [3.05, 3.63) is 33.7 Å². The third-order valence-corrected chi connectivity index (χ3v) is 3.94. The number of carboxylic acids is 1. The number of hydrogen-bond donors (Lipinski definition) is 1. The van der Waals surface area contributed by atoms with Crippen LogP contribution in [0.4, 0.5) is 0 Å². The van der Waals surface area contributed by atoms with Crippen LogP contribution in [0.5, 0.6) is 0 Å². The molecule has 0 radical (unpaired) electrons. The molecule has 0 aliphatic rings. The van der Waals surface area contributed by atoms with Crippen LogP contribution in [0.3, 0.4) is 0 Å². The minimum absolute atomic E-state index is 0.222. The highest BCUT2D eigenvalue weighted by Crippen LogP contribution is 2.35. The molecule has 0 spiro atoms. The quantitative estimate of drug-likeness (QED) is 0.867. The van der Waals surface area contributed by atoms with Gasteiger partial charge in [0.15, 0.2) is 0 Å². The Hall–Kier alpha value is -1.06. The lowest BCUT2D eigenvalue weighted by Gasteiger charge is -1.95. The molecule has 2 aromatic rings. The van der Waals surface area contributed by atoms with Gasteiger partial charge < -0.3 is 5.11 Å². The fraction of sp³-hybridized carbons (Fsp3) is 0.182. The van der Waals surface area contributed by atoms with Crippen molar-refractivity contribution in [3.63, 3.8) is 0 Å². The van der Waals surface area contributed by atoms with E-state index in [-0.39, 0.29) is 4.88 Å². The van der Waals surface area contributed by atoms with Crippen LogP contribution in [0.15, 0.2) is 18.2 Å². The van der Waals surface area contributed by atoms with Crippen molar-refractivity contribution < 1.29 is 9.90 Å². The van der Waals surface area contributed by atoms with E-state index in [0.29, 0.717) is 5.02 Å². The highest BCUT2D eigenvalue weighted by atomic mass is 35.5. The van der Waals surface area contributed by atoms with Gasteiger partial charge in [-0.3, -0.25) is 0 Å². The second-order valence-electron chi connectivity index (χ2n) is 3.23. The van der Waals surface area contributed by atoms with E-state index in [1.807, 2.05) is 18.2 Å². The van der Waals surface area contributed by atoms with E-state index >= 15 is 0 Å². The van der Waals surface area contributed by atoms with Gasteiger partial charge in [0.2, 0.25) is 0 Å². The van der Waals surface area contributed by atoms with E-state index in [4.69, 9.17) is 16.7 Å². The van der Waals surface area contributed by atoms with E-state index in [1.54, 1.807) is 0 Å². The van der Waals surface area contributed by atoms with Crippen molar-refractivity contribution in [3.8, 4) is 0 Å². The first-order valence-electron chi connectivity index (χ1n) is 4.57. The van der Waals surface area contributed by atoms with Gasteiger partial charge in [0.1, 0.15) is 4.88 Å². The molecule has 0 atom stereocenters. The molecule has 0 saturated heterocycles. The summed E-state index contributed by atoms with van der Waals surface area (Å²) >= 11 is 7.21. The first-order chi connectivity index (χ1) is 7.13. The Bertz CT molecular complexity index is 531. The lowest BCUT2D eigenvalue weighted by molar-refractivity contribution is 0.0702. The monoisotopic (exact) mass is 240 g/mol. The summed E-state index contributed by atoms with van der Waals surface area (Å²) in [5.41, 5.74) is 1.19. The second-order valence-corrected chi connectivity index (χ2v) is 4.66. The summed E-state index contributed by atoms with van der Waals surface area (Å²) in [7, 11) is 0. The molecule has 4 heteroatoms. The molecule has 0 amide bonds. The Labute approximate surface area is 96.1 Å². The Morgan fingerprint density at radius 3 is 2.87 bits per heavy atom. The van der Waals surface area contributed by atoms with E-state index in [2.05, 4.69) is 6.92 Å². The van der Waals surface area contributed by atoms with Crippen LogP contribution in [0, 0.1) is 0 Å². The average Bonchev–Trinajstić information content (AvgIpc) is 2.55. The topological polar surface area (TPSA) is 37.3 Å². The molecular weight excluding hydrogens is 232 g/mol. The number of halogens is 1. The SMILES string of the molecule is CCc1ccc2c(Cl)c(C(=O)O)sc2c1. The van der Waals surface area contributed by atoms with Crippen LogP contribution in [-0.4, -0.2) is 11.1 Å².